The first kappa shape index (κ1) is 26.8. The number of carbonyl (C=O) groups excluding carboxylic acids is 1. The van der Waals surface area contributed by atoms with E-state index in [-0.39, 0.29) is 17.9 Å². The minimum absolute atomic E-state index is 0.0422. The molecule has 0 aliphatic carbocycles. The molecule has 3 aromatic carbocycles. The largest absolute Gasteiger partial charge is 0.490 e. The van der Waals surface area contributed by atoms with Gasteiger partial charge in [-0.2, -0.15) is 5.10 Å². The normalized spacial score (nSPS) is 11.0. The van der Waals surface area contributed by atoms with Crippen molar-refractivity contribution in [1.82, 2.24) is 5.43 Å². The number of benzene rings is 3. The quantitative estimate of drug-likeness (QED) is 0.129. The van der Waals surface area contributed by atoms with Crippen molar-refractivity contribution in [2.75, 3.05) is 6.61 Å². The van der Waals surface area contributed by atoms with Gasteiger partial charge in [-0.25, -0.2) is 10.2 Å². The molecule has 0 saturated heterocycles. The lowest BCUT2D eigenvalue weighted by Gasteiger charge is -2.15. The highest BCUT2D eigenvalue weighted by Crippen LogP contribution is 2.37. The summed E-state index contributed by atoms with van der Waals surface area (Å²) in [5.74, 6) is -0.511. The van der Waals surface area contributed by atoms with E-state index in [0.29, 0.717) is 38.4 Å². The molecule has 1 heterocycles. The molecule has 0 aliphatic rings. The summed E-state index contributed by atoms with van der Waals surface area (Å²) in [5.41, 5.74) is 4.03. The van der Waals surface area contributed by atoms with E-state index in [2.05, 4.69) is 26.5 Å². The van der Waals surface area contributed by atoms with Gasteiger partial charge in [0.15, 0.2) is 11.5 Å². The van der Waals surface area contributed by atoms with Gasteiger partial charge in [0.1, 0.15) is 6.61 Å². The summed E-state index contributed by atoms with van der Waals surface area (Å²) in [7, 11) is 0. The zero-order chi connectivity index (χ0) is 27.2. The van der Waals surface area contributed by atoms with Gasteiger partial charge in [0, 0.05) is 22.2 Å². The minimum Gasteiger partial charge on any atom is -0.490 e. The van der Waals surface area contributed by atoms with Crippen LogP contribution >= 0.6 is 27.3 Å². The number of nitrogens with zero attached hydrogens (tertiary/aromatic N) is 2. The van der Waals surface area contributed by atoms with Crippen molar-refractivity contribution in [3.63, 3.8) is 0 Å². The lowest BCUT2D eigenvalue weighted by molar-refractivity contribution is -0.384. The van der Waals surface area contributed by atoms with E-state index >= 15 is 0 Å². The average Bonchev–Trinajstić information content (AvgIpc) is 3.32. The van der Waals surface area contributed by atoms with E-state index in [0.717, 1.165) is 10.3 Å². The summed E-state index contributed by atoms with van der Waals surface area (Å²) in [6, 6.07) is 15.9. The zero-order valence-electron chi connectivity index (χ0n) is 19.8. The van der Waals surface area contributed by atoms with Gasteiger partial charge in [0.05, 0.1) is 32.7 Å². The molecule has 194 valence electrons. The monoisotopic (exact) mass is 597 g/mol. The average molecular weight is 598 g/mol. The van der Waals surface area contributed by atoms with Crippen molar-refractivity contribution in [3.8, 4) is 11.5 Å². The van der Waals surface area contributed by atoms with E-state index in [1.54, 1.807) is 36.4 Å². The molecule has 38 heavy (non-hydrogen) atoms. The molecule has 0 aliphatic heterocycles. The van der Waals surface area contributed by atoms with Gasteiger partial charge < -0.3 is 14.6 Å². The van der Waals surface area contributed by atoms with Crippen LogP contribution in [0.3, 0.4) is 0 Å². The second kappa shape index (κ2) is 11.8. The van der Waals surface area contributed by atoms with Crippen LogP contribution in [0.15, 0.2) is 70.2 Å². The third-order valence-electron chi connectivity index (χ3n) is 5.23. The summed E-state index contributed by atoms with van der Waals surface area (Å²) in [6.45, 7) is 2.42. The van der Waals surface area contributed by atoms with E-state index < -0.39 is 16.8 Å². The number of fused-ring (bicyclic) bond motifs is 1. The Morgan fingerprint density at radius 2 is 1.89 bits per heavy atom. The first-order valence-corrected chi connectivity index (χ1v) is 12.8. The maximum absolute atomic E-state index is 12.6. The van der Waals surface area contributed by atoms with E-state index in [9.17, 15) is 19.7 Å². The van der Waals surface area contributed by atoms with Crippen molar-refractivity contribution in [3.05, 3.63) is 96.8 Å². The van der Waals surface area contributed by atoms with Gasteiger partial charge in [-0.3, -0.25) is 14.9 Å². The van der Waals surface area contributed by atoms with E-state index in [1.807, 2.05) is 6.92 Å². The Morgan fingerprint density at radius 3 is 2.58 bits per heavy atom. The molecular formula is C26H20BrN3O7S. The summed E-state index contributed by atoms with van der Waals surface area (Å²) < 4.78 is 13.0. The number of non-ortho nitro benzene ring substituents is 1. The summed E-state index contributed by atoms with van der Waals surface area (Å²) >= 11 is 4.70. The number of aromatic carboxylic acids is 1. The highest BCUT2D eigenvalue weighted by molar-refractivity contribution is 9.10. The van der Waals surface area contributed by atoms with Gasteiger partial charge in [0.25, 0.3) is 11.6 Å². The Balaban J connectivity index is 1.45. The molecule has 4 rings (SSSR count). The van der Waals surface area contributed by atoms with E-state index in [4.69, 9.17) is 14.6 Å². The van der Waals surface area contributed by atoms with Crippen molar-refractivity contribution >= 4 is 61.1 Å². The van der Waals surface area contributed by atoms with Crippen molar-refractivity contribution in [1.29, 1.82) is 0 Å². The maximum atomic E-state index is 12.6. The third-order valence-corrected chi connectivity index (χ3v) is 6.93. The number of halogens is 1. The molecule has 0 unspecified atom stereocenters. The van der Waals surface area contributed by atoms with Crippen LogP contribution in [0.1, 0.15) is 38.1 Å². The Hall–Kier alpha value is -4.29. The van der Waals surface area contributed by atoms with Gasteiger partial charge in [-0.1, -0.05) is 12.1 Å². The van der Waals surface area contributed by atoms with Gasteiger partial charge >= 0.3 is 5.97 Å². The van der Waals surface area contributed by atoms with Crippen LogP contribution in [-0.2, 0) is 6.61 Å². The number of hydrazone groups is 1. The molecular weight excluding hydrogens is 578 g/mol. The first-order valence-electron chi connectivity index (χ1n) is 11.2. The molecule has 0 spiro atoms. The molecule has 0 atom stereocenters. The molecule has 1 amide bonds. The number of nitro groups is 1. The van der Waals surface area contributed by atoms with Crippen molar-refractivity contribution in [2.24, 2.45) is 5.10 Å². The molecule has 0 saturated carbocycles. The zero-order valence-corrected chi connectivity index (χ0v) is 22.2. The molecule has 10 nitrogen and oxygen atoms in total. The highest BCUT2D eigenvalue weighted by atomic mass is 79.9. The molecule has 12 heteroatoms. The number of nitro benzene ring substituents is 1. The lowest BCUT2D eigenvalue weighted by atomic mass is 10.1. The lowest BCUT2D eigenvalue weighted by Crippen LogP contribution is -2.16. The molecule has 2 N–H and O–H groups in total. The number of thiophene rings is 1. The fraction of sp³-hybridized carbons (Fsp3) is 0.115. The molecule has 4 aromatic rings. The fourth-order valence-corrected chi connectivity index (χ4v) is 4.95. The Kier molecular flexibility index (Phi) is 8.34. The SMILES string of the molecule is CCOc1cc(/C=N\NC(=O)c2cc3cc([N+](=O)[O-])ccc3s2)cc(Br)c1OCc1ccc(C(=O)O)cc1. The second-order valence-corrected chi connectivity index (χ2v) is 9.78. The minimum atomic E-state index is -0.998. The molecule has 0 radical (unpaired) electrons. The first-order chi connectivity index (χ1) is 18.2. The van der Waals surface area contributed by atoms with Crippen molar-refractivity contribution < 1.29 is 29.1 Å². The van der Waals surface area contributed by atoms with Crippen molar-refractivity contribution in [2.45, 2.75) is 13.5 Å². The Morgan fingerprint density at radius 1 is 1.13 bits per heavy atom. The van der Waals surface area contributed by atoms with Crippen LogP contribution in [0.25, 0.3) is 10.1 Å². The standard InChI is InChI=1S/C26H20BrN3O7S/c1-2-36-21-10-16(9-20(27)24(21)37-14-15-3-5-17(6-4-15)26(32)33)13-28-29-25(31)23-12-18-11-19(30(34)35)7-8-22(18)38-23/h3-13H,2,14H2,1H3,(H,29,31)(H,32,33)/b28-13-. The van der Waals surface area contributed by atoms with Crippen LogP contribution in [0, 0.1) is 10.1 Å². The number of ether oxygens (including phenoxy) is 2. The molecule has 0 bridgehead atoms. The maximum Gasteiger partial charge on any atom is 0.335 e. The van der Waals surface area contributed by atoms with Crippen LogP contribution in [0.4, 0.5) is 5.69 Å². The number of carboxylic acids is 1. The predicted molar refractivity (Wildman–Crippen MR) is 147 cm³/mol. The van der Waals surface area contributed by atoms with Gasteiger partial charge in [0.2, 0.25) is 0 Å². The number of hydrogen-bond donors (Lipinski definition) is 2. The number of rotatable bonds is 10. The molecule has 1 aromatic heterocycles. The smallest absolute Gasteiger partial charge is 0.335 e. The Labute approximate surface area is 228 Å². The number of carbonyl (C=O) groups is 2. The van der Waals surface area contributed by atoms with Crippen LogP contribution < -0.4 is 14.9 Å². The second-order valence-electron chi connectivity index (χ2n) is 7.84. The van der Waals surface area contributed by atoms with Crippen LogP contribution in [0.2, 0.25) is 0 Å². The summed E-state index contributed by atoms with van der Waals surface area (Å²) in [4.78, 5) is 34.5. The number of nitrogens with one attached hydrogen (secondary N) is 1. The van der Waals surface area contributed by atoms with Crippen LogP contribution in [-0.4, -0.2) is 34.7 Å². The number of hydrogen-bond acceptors (Lipinski definition) is 8. The van der Waals surface area contributed by atoms with Crippen LogP contribution in [0.5, 0.6) is 11.5 Å². The predicted octanol–water partition coefficient (Wildman–Crippen LogP) is 6.01. The summed E-state index contributed by atoms with van der Waals surface area (Å²) in [5, 5.41) is 24.7. The topological polar surface area (TPSA) is 140 Å². The number of amides is 1. The third kappa shape index (κ3) is 6.33. The van der Waals surface area contributed by atoms with Gasteiger partial charge in [-0.05, 0) is 70.4 Å². The number of carboxylic acid groups (broad SMARTS) is 1. The van der Waals surface area contributed by atoms with Gasteiger partial charge in [-0.15, -0.1) is 11.3 Å². The molecule has 0 fully saturated rings. The van der Waals surface area contributed by atoms with E-state index in [1.165, 1.54) is 41.8 Å². The highest BCUT2D eigenvalue weighted by Gasteiger charge is 2.15. The summed E-state index contributed by atoms with van der Waals surface area (Å²) in [6.07, 6.45) is 1.46. The Bertz CT molecular complexity index is 1550. The fourth-order valence-electron chi connectivity index (χ4n) is 3.44.